The Bertz CT molecular complexity index is 705. The predicted molar refractivity (Wildman–Crippen MR) is 82.5 cm³/mol. The molecule has 0 spiro atoms. The SMILES string of the molecule is CSc1oc(-c2ccccc2)c(-c2ccccc2)[n+]1C. The summed E-state index contributed by atoms with van der Waals surface area (Å²) in [6, 6.07) is 20.6. The van der Waals surface area contributed by atoms with Gasteiger partial charge in [0.05, 0.1) is 5.56 Å². The van der Waals surface area contributed by atoms with Crippen LogP contribution in [0.2, 0.25) is 0 Å². The minimum absolute atomic E-state index is 0.905. The third kappa shape index (κ3) is 2.25. The Balaban J connectivity index is 2.25. The molecule has 100 valence electrons. The molecule has 0 saturated carbocycles. The number of thioether (sulfide) groups is 1. The van der Waals surface area contributed by atoms with Crippen LogP contribution in [0.5, 0.6) is 0 Å². The maximum Gasteiger partial charge on any atom is 0.411 e. The van der Waals surface area contributed by atoms with Crippen molar-refractivity contribution in [1.29, 1.82) is 0 Å². The van der Waals surface area contributed by atoms with E-state index < -0.39 is 0 Å². The molecule has 20 heavy (non-hydrogen) atoms. The van der Waals surface area contributed by atoms with Gasteiger partial charge in [0.2, 0.25) is 5.76 Å². The fourth-order valence-corrected chi connectivity index (χ4v) is 2.86. The predicted octanol–water partition coefficient (Wildman–Crippen LogP) is 4.16. The second-order valence-electron chi connectivity index (χ2n) is 4.54. The zero-order valence-electron chi connectivity index (χ0n) is 11.5. The van der Waals surface area contributed by atoms with Gasteiger partial charge in [0.25, 0.3) is 5.69 Å². The molecular formula is C17H16NOS+. The van der Waals surface area contributed by atoms with Crippen molar-refractivity contribution in [3.05, 3.63) is 60.7 Å². The summed E-state index contributed by atoms with van der Waals surface area (Å²) in [7, 11) is 2.05. The molecule has 0 unspecified atom stereocenters. The van der Waals surface area contributed by atoms with E-state index in [-0.39, 0.29) is 0 Å². The van der Waals surface area contributed by atoms with Crippen molar-refractivity contribution >= 4 is 11.8 Å². The van der Waals surface area contributed by atoms with Gasteiger partial charge < -0.3 is 4.42 Å². The second-order valence-corrected chi connectivity index (χ2v) is 5.30. The molecule has 0 N–H and O–H groups in total. The molecule has 0 aliphatic rings. The van der Waals surface area contributed by atoms with E-state index in [1.54, 1.807) is 11.8 Å². The van der Waals surface area contributed by atoms with E-state index >= 15 is 0 Å². The summed E-state index contributed by atoms with van der Waals surface area (Å²) in [4.78, 5) is 0. The van der Waals surface area contributed by atoms with Gasteiger partial charge in [-0.3, -0.25) is 0 Å². The molecule has 0 amide bonds. The quantitative estimate of drug-likeness (QED) is 0.530. The lowest BCUT2D eigenvalue weighted by Gasteiger charge is -1.98. The molecular weight excluding hydrogens is 266 g/mol. The van der Waals surface area contributed by atoms with Crippen molar-refractivity contribution in [1.82, 2.24) is 0 Å². The lowest BCUT2D eigenvalue weighted by molar-refractivity contribution is -0.705. The average Bonchev–Trinajstić information content (AvgIpc) is 2.86. The van der Waals surface area contributed by atoms with Crippen LogP contribution in [0.1, 0.15) is 0 Å². The minimum Gasteiger partial charge on any atom is -0.392 e. The topological polar surface area (TPSA) is 17.0 Å². The number of oxazole rings is 1. The van der Waals surface area contributed by atoms with E-state index in [9.17, 15) is 0 Å². The van der Waals surface area contributed by atoms with E-state index in [2.05, 4.69) is 41.0 Å². The zero-order valence-corrected chi connectivity index (χ0v) is 12.4. The Hall–Kier alpha value is -2.00. The summed E-state index contributed by atoms with van der Waals surface area (Å²) in [6.45, 7) is 0. The Morgan fingerprint density at radius 3 is 1.95 bits per heavy atom. The van der Waals surface area contributed by atoms with E-state index in [0.29, 0.717) is 0 Å². The highest BCUT2D eigenvalue weighted by Gasteiger charge is 2.27. The Morgan fingerprint density at radius 1 is 0.850 bits per heavy atom. The van der Waals surface area contributed by atoms with Crippen LogP contribution in [-0.4, -0.2) is 6.26 Å². The minimum atomic E-state index is 0.905. The van der Waals surface area contributed by atoms with Gasteiger partial charge in [-0.05, 0) is 30.2 Å². The molecule has 3 rings (SSSR count). The lowest BCUT2D eigenvalue weighted by Crippen LogP contribution is -2.30. The highest BCUT2D eigenvalue weighted by molar-refractivity contribution is 7.98. The van der Waals surface area contributed by atoms with Crippen LogP contribution >= 0.6 is 11.8 Å². The highest BCUT2D eigenvalue weighted by atomic mass is 32.2. The lowest BCUT2D eigenvalue weighted by atomic mass is 10.1. The number of rotatable bonds is 3. The Morgan fingerprint density at radius 2 is 1.40 bits per heavy atom. The molecule has 0 aliphatic carbocycles. The second kappa shape index (κ2) is 5.55. The van der Waals surface area contributed by atoms with Gasteiger partial charge in [0.15, 0.2) is 0 Å². The smallest absolute Gasteiger partial charge is 0.392 e. The van der Waals surface area contributed by atoms with Crippen LogP contribution in [0.4, 0.5) is 0 Å². The van der Waals surface area contributed by atoms with Gasteiger partial charge in [0.1, 0.15) is 7.05 Å². The Labute approximate surface area is 123 Å². The van der Waals surface area contributed by atoms with Crippen LogP contribution in [0.15, 0.2) is 70.3 Å². The third-order valence-corrected chi connectivity index (χ3v) is 3.98. The number of hydrogen-bond donors (Lipinski definition) is 0. The summed E-state index contributed by atoms with van der Waals surface area (Å²) in [5, 5.41) is 0.905. The highest BCUT2D eigenvalue weighted by Crippen LogP contribution is 2.33. The number of nitrogens with zero attached hydrogens (tertiary/aromatic N) is 1. The number of benzene rings is 2. The van der Waals surface area contributed by atoms with E-state index in [4.69, 9.17) is 4.42 Å². The maximum atomic E-state index is 6.06. The molecule has 3 aromatic rings. The summed E-state index contributed by atoms with van der Waals surface area (Å²) >= 11 is 1.62. The van der Waals surface area contributed by atoms with Crippen LogP contribution in [0, 0.1) is 0 Å². The third-order valence-electron chi connectivity index (χ3n) is 3.27. The van der Waals surface area contributed by atoms with Gasteiger partial charge in [0, 0.05) is 5.56 Å². The summed E-state index contributed by atoms with van der Waals surface area (Å²) in [5.41, 5.74) is 3.38. The number of aromatic nitrogens is 1. The molecule has 1 heterocycles. The molecule has 1 aromatic heterocycles. The normalized spacial score (nSPS) is 10.7. The zero-order chi connectivity index (χ0) is 13.9. The largest absolute Gasteiger partial charge is 0.411 e. The van der Waals surface area contributed by atoms with Crippen LogP contribution in [-0.2, 0) is 7.05 Å². The molecule has 0 saturated heterocycles. The molecule has 0 radical (unpaired) electrons. The Kier molecular flexibility index (Phi) is 3.61. The van der Waals surface area contributed by atoms with Crippen molar-refractivity contribution in [2.75, 3.05) is 6.26 Å². The van der Waals surface area contributed by atoms with E-state index in [1.165, 1.54) is 0 Å². The molecule has 3 heteroatoms. The monoisotopic (exact) mass is 282 g/mol. The van der Waals surface area contributed by atoms with Crippen LogP contribution in [0.3, 0.4) is 0 Å². The molecule has 0 fully saturated rings. The van der Waals surface area contributed by atoms with Crippen molar-refractivity contribution in [2.24, 2.45) is 7.05 Å². The van der Waals surface area contributed by atoms with Crippen LogP contribution in [0.25, 0.3) is 22.6 Å². The van der Waals surface area contributed by atoms with Gasteiger partial charge in [-0.15, -0.1) is 0 Å². The molecule has 0 atom stereocenters. The van der Waals surface area contributed by atoms with Gasteiger partial charge in [-0.2, -0.15) is 4.57 Å². The fourth-order valence-electron chi connectivity index (χ4n) is 2.33. The van der Waals surface area contributed by atoms with Crippen molar-refractivity contribution in [2.45, 2.75) is 5.22 Å². The van der Waals surface area contributed by atoms with Crippen molar-refractivity contribution in [3.8, 4) is 22.6 Å². The fraction of sp³-hybridized carbons (Fsp3) is 0.118. The summed E-state index contributed by atoms with van der Waals surface area (Å²) in [6.07, 6.45) is 2.03. The molecule has 0 aliphatic heterocycles. The van der Waals surface area contributed by atoms with Gasteiger partial charge >= 0.3 is 5.22 Å². The van der Waals surface area contributed by atoms with E-state index in [1.807, 2.05) is 37.6 Å². The summed E-state index contributed by atoms with van der Waals surface area (Å²) < 4.78 is 8.17. The van der Waals surface area contributed by atoms with Crippen LogP contribution < -0.4 is 4.57 Å². The maximum absolute atomic E-state index is 6.06. The first-order chi connectivity index (χ1) is 9.81. The summed E-state index contributed by atoms with van der Waals surface area (Å²) in [5.74, 6) is 0.920. The first-order valence-electron chi connectivity index (χ1n) is 6.49. The molecule has 0 bridgehead atoms. The molecule has 2 nitrogen and oxygen atoms in total. The number of hydrogen-bond acceptors (Lipinski definition) is 2. The first-order valence-corrected chi connectivity index (χ1v) is 7.71. The first kappa shape index (κ1) is 13.0. The van der Waals surface area contributed by atoms with Crippen molar-refractivity contribution in [3.63, 3.8) is 0 Å². The van der Waals surface area contributed by atoms with Gasteiger partial charge in [-0.1, -0.05) is 48.5 Å². The van der Waals surface area contributed by atoms with Crippen molar-refractivity contribution < 1.29 is 8.98 Å². The standard InChI is InChI=1S/C17H16NOS/c1-18-15(13-9-5-3-6-10-13)16(19-17(18)20-2)14-11-7-4-8-12-14/h3-12H,1-2H3/q+1. The van der Waals surface area contributed by atoms with Gasteiger partial charge in [-0.25, -0.2) is 0 Å². The average molecular weight is 282 g/mol. The molecule has 2 aromatic carbocycles. The van der Waals surface area contributed by atoms with E-state index in [0.717, 1.165) is 27.8 Å².